The lowest BCUT2D eigenvalue weighted by molar-refractivity contribution is -0.136. The lowest BCUT2D eigenvalue weighted by Crippen LogP contribution is -2.46. The second-order valence-electron chi connectivity index (χ2n) is 6.34. The molecular weight excluding hydrogens is 337 g/mol. The van der Waals surface area contributed by atoms with Gasteiger partial charge in [-0.15, -0.1) is 0 Å². The topological polar surface area (TPSA) is 64.5 Å². The molecule has 0 N–H and O–H groups in total. The Morgan fingerprint density at radius 1 is 1.31 bits per heavy atom. The molecule has 26 heavy (non-hydrogen) atoms. The molecule has 1 amide bonds. The van der Waals surface area contributed by atoms with E-state index in [1.165, 1.54) is 12.1 Å². The molecule has 1 aromatic carbocycles. The van der Waals surface area contributed by atoms with Crippen molar-refractivity contribution in [2.75, 3.05) is 19.7 Å². The van der Waals surface area contributed by atoms with E-state index in [9.17, 15) is 9.18 Å². The van der Waals surface area contributed by atoms with E-state index in [2.05, 4.69) is 9.97 Å². The van der Waals surface area contributed by atoms with Crippen LogP contribution in [0.4, 0.5) is 4.39 Å². The smallest absolute Gasteiger partial charge is 0.260 e. The van der Waals surface area contributed by atoms with Gasteiger partial charge < -0.3 is 14.4 Å². The van der Waals surface area contributed by atoms with Crippen LogP contribution < -0.4 is 9.47 Å². The van der Waals surface area contributed by atoms with Crippen molar-refractivity contribution in [1.82, 2.24) is 14.9 Å². The van der Waals surface area contributed by atoms with Gasteiger partial charge in [0.2, 0.25) is 5.88 Å². The average molecular weight is 359 g/mol. The van der Waals surface area contributed by atoms with Gasteiger partial charge in [-0.3, -0.25) is 4.79 Å². The number of aryl methyl sites for hydroxylation is 2. The number of nitrogens with zero attached hydrogens (tertiary/aromatic N) is 3. The van der Waals surface area contributed by atoms with E-state index in [4.69, 9.17) is 9.47 Å². The van der Waals surface area contributed by atoms with Gasteiger partial charge in [-0.1, -0.05) is 12.1 Å². The van der Waals surface area contributed by atoms with Gasteiger partial charge >= 0.3 is 0 Å². The fraction of sp³-hybridized carbons (Fsp3) is 0.421. The normalized spacial score (nSPS) is 17.0. The Morgan fingerprint density at radius 2 is 2.12 bits per heavy atom. The molecule has 1 unspecified atom stereocenters. The second-order valence-corrected chi connectivity index (χ2v) is 6.34. The minimum Gasteiger partial charge on any atom is -0.481 e. The van der Waals surface area contributed by atoms with Crippen LogP contribution in [0, 0.1) is 19.7 Å². The van der Waals surface area contributed by atoms with Gasteiger partial charge in [0, 0.05) is 18.3 Å². The Hall–Kier alpha value is -2.70. The highest BCUT2D eigenvalue weighted by Gasteiger charge is 2.25. The predicted molar refractivity (Wildman–Crippen MR) is 93.6 cm³/mol. The van der Waals surface area contributed by atoms with Crippen molar-refractivity contribution in [2.45, 2.75) is 32.8 Å². The highest BCUT2D eigenvalue weighted by molar-refractivity contribution is 5.77. The SMILES string of the molecule is Cc1cc(OC2CCCN(C(=O)COc3ccccc3F)C2)nc(C)n1. The van der Waals surface area contributed by atoms with Gasteiger partial charge in [-0.25, -0.2) is 9.37 Å². The van der Waals surface area contributed by atoms with Crippen LogP contribution in [0.2, 0.25) is 0 Å². The Balaban J connectivity index is 1.55. The van der Waals surface area contributed by atoms with Gasteiger partial charge in [0.05, 0.1) is 6.54 Å². The van der Waals surface area contributed by atoms with E-state index < -0.39 is 5.82 Å². The van der Waals surface area contributed by atoms with Gasteiger partial charge in [0.1, 0.15) is 11.9 Å². The number of halogens is 1. The molecule has 1 saturated heterocycles. The summed E-state index contributed by atoms with van der Waals surface area (Å²) in [7, 11) is 0. The second kappa shape index (κ2) is 8.12. The summed E-state index contributed by atoms with van der Waals surface area (Å²) in [6.07, 6.45) is 1.55. The third kappa shape index (κ3) is 4.68. The predicted octanol–water partition coefficient (Wildman–Crippen LogP) is 2.68. The number of hydrogen-bond acceptors (Lipinski definition) is 5. The number of rotatable bonds is 5. The average Bonchev–Trinajstić information content (AvgIpc) is 2.60. The number of para-hydroxylation sites is 1. The lowest BCUT2D eigenvalue weighted by atomic mass is 10.1. The Bertz CT molecular complexity index is 764. The molecule has 2 heterocycles. The molecule has 0 aliphatic carbocycles. The lowest BCUT2D eigenvalue weighted by Gasteiger charge is -2.32. The van der Waals surface area contributed by atoms with Crippen LogP contribution >= 0.6 is 0 Å². The largest absolute Gasteiger partial charge is 0.481 e. The van der Waals surface area contributed by atoms with Gasteiger partial charge in [-0.2, -0.15) is 4.98 Å². The zero-order valence-electron chi connectivity index (χ0n) is 14.9. The van der Waals surface area contributed by atoms with Crippen molar-refractivity contribution in [2.24, 2.45) is 0 Å². The van der Waals surface area contributed by atoms with E-state index in [1.807, 2.05) is 13.8 Å². The Morgan fingerprint density at radius 3 is 2.88 bits per heavy atom. The molecule has 2 aromatic rings. The molecule has 0 bridgehead atoms. The molecule has 1 atom stereocenters. The molecule has 6 nitrogen and oxygen atoms in total. The maximum atomic E-state index is 13.6. The van der Waals surface area contributed by atoms with Gasteiger partial charge in [-0.05, 0) is 38.8 Å². The number of hydrogen-bond donors (Lipinski definition) is 0. The van der Waals surface area contributed by atoms with E-state index in [-0.39, 0.29) is 24.4 Å². The van der Waals surface area contributed by atoms with Crippen molar-refractivity contribution < 1.29 is 18.7 Å². The highest BCUT2D eigenvalue weighted by Crippen LogP contribution is 2.19. The van der Waals surface area contributed by atoms with E-state index in [1.54, 1.807) is 23.1 Å². The first-order chi connectivity index (χ1) is 12.5. The maximum Gasteiger partial charge on any atom is 0.260 e. The number of ether oxygens (including phenoxy) is 2. The molecule has 1 aliphatic heterocycles. The number of piperidine rings is 1. The fourth-order valence-electron chi connectivity index (χ4n) is 2.97. The number of amides is 1. The number of likely N-dealkylation sites (tertiary alicyclic amines) is 1. The summed E-state index contributed by atoms with van der Waals surface area (Å²) in [5.74, 6) is 0.600. The Kier molecular flexibility index (Phi) is 5.65. The maximum absolute atomic E-state index is 13.6. The molecule has 1 aromatic heterocycles. The van der Waals surface area contributed by atoms with Crippen molar-refractivity contribution in [3.8, 4) is 11.6 Å². The standard InChI is InChI=1S/C19H22FN3O3/c1-13-10-18(22-14(2)21-13)26-15-6-5-9-23(11-15)19(24)12-25-17-8-4-3-7-16(17)20/h3-4,7-8,10,15H,5-6,9,11-12H2,1-2H3. The molecule has 7 heteroatoms. The molecule has 0 saturated carbocycles. The summed E-state index contributed by atoms with van der Waals surface area (Å²) >= 11 is 0. The number of aromatic nitrogens is 2. The first-order valence-electron chi connectivity index (χ1n) is 8.65. The van der Waals surface area contributed by atoms with Gasteiger partial charge in [0.25, 0.3) is 5.91 Å². The monoisotopic (exact) mass is 359 g/mol. The van der Waals surface area contributed by atoms with E-state index in [0.717, 1.165) is 18.5 Å². The van der Waals surface area contributed by atoms with Crippen molar-refractivity contribution >= 4 is 5.91 Å². The molecule has 1 fully saturated rings. The number of benzene rings is 1. The molecule has 3 rings (SSSR count). The number of carbonyl (C=O) groups excluding carboxylic acids is 1. The summed E-state index contributed by atoms with van der Waals surface area (Å²) in [5, 5.41) is 0. The van der Waals surface area contributed by atoms with Crippen LogP contribution in [-0.4, -0.2) is 46.6 Å². The minimum absolute atomic E-state index is 0.0811. The summed E-state index contributed by atoms with van der Waals surface area (Å²) < 4.78 is 24.8. The molecular formula is C19H22FN3O3. The number of carbonyl (C=O) groups is 1. The van der Waals surface area contributed by atoms with Crippen molar-refractivity contribution in [1.29, 1.82) is 0 Å². The van der Waals surface area contributed by atoms with Crippen LogP contribution in [0.5, 0.6) is 11.6 Å². The summed E-state index contributed by atoms with van der Waals surface area (Å²) in [6.45, 7) is 4.61. The first kappa shape index (κ1) is 18.1. The zero-order chi connectivity index (χ0) is 18.5. The van der Waals surface area contributed by atoms with Crippen LogP contribution in [0.15, 0.2) is 30.3 Å². The van der Waals surface area contributed by atoms with Gasteiger partial charge in [0.15, 0.2) is 18.2 Å². The first-order valence-corrected chi connectivity index (χ1v) is 8.65. The molecule has 0 radical (unpaired) electrons. The van der Waals surface area contributed by atoms with Crippen molar-refractivity contribution in [3.05, 3.63) is 47.7 Å². The molecule has 138 valence electrons. The van der Waals surface area contributed by atoms with Crippen LogP contribution in [0.25, 0.3) is 0 Å². The third-order valence-corrected chi connectivity index (χ3v) is 4.15. The quantitative estimate of drug-likeness (QED) is 0.821. The van der Waals surface area contributed by atoms with Crippen molar-refractivity contribution in [3.63, 3.8) is 0 Å². The fourth-order valence-corrected chi connectivity index (χ4v) is 2.97. The van der Waals surface area contributed by atoms with Crippen LogP contribution in [0.3, 0.4) is 0 Å². The highest BCUT2D eigenvalue weighted by atomic mass is 19.1. The van der Waals surface area contributed by atoms with E-state index in [0.29, 0.717) is 24.8 Å². The summed E-state index contributed by atoms with van der Waals surface area (Å²) in [5.41, 5.74) is 0.842. The van der Waals surface area contributed by atoms with Crippen LogP contribution in [-0.2, 0) is 4.79 Å². The Labute approximate surface area is 152 Å². The summed E-state index contributed by atoms with van der Waals surface area (Å²) in [6, 6.07) is 7.84. The molecule has 1 aliphatic rings. The summed E-state index contributed by atoms with van der Waals surface area (Å²) in [4.78, 5) is 22.6. The minimum atomic E-state index is -0.477. The van der Waals surface area contributed by atoms with Crippen LogP contribution in [0.1, 0.15) is 24.4 Å². The molecule has 0 spiro atoms. The van der Waals surface area contributed by atoms with E-state index >= 15 is 0 Å². The third-order valence-electron chi connectivity index (χ3n) is 4.15. The zero-order valence-corrected chi connectivity index (χ0v) is 14.9.